The molecule has 2 aromatic rings. The first-order valence-corrected chi connectivity index (χ1v) is 7.10. The van der Waals surface area contributed by atoms with E-state index in [1.54, 1.807) is 18.2 Å². The van der Waals surface area contributed by atoms with Gasteiger partial charge in [0.25, 0.3) is 5.91 Å². The number of anilines is 1. The van der Waals surface area contributed by atoms with Gasteiger partial charge in [0.15, 0.2) is 0 Å². The van der Waals surface area contributed by atoms with Crippen LogP contribution in [-0.2, 0) is 4.79 Å². The van der Waals surface area contributed by atoms with Crippen LogP contribution in [-0.4, -0.2) is 10.8 Å². The molecule has 0 radical (unpaired) electrons. The number of carbonyl (C=O) groups is 1. The molecule has 0 bridgehead atoms. The van der Waals surface area contributed by atoms with E-state index >= 15 is 0 Å². The van der Waals surface area contributed by atoms with Gasteiger partial charge in [-0.25, -0.2) is 0 Å². The van der Waals surface area contributed by atoms with Gasteiger partial charge in [0, 0.05) is 17.1 Å². The van der Waals surface area contributed by atoms with Crippen molar-refractivity contribution in [2.45, 2.75) is 6.92 Å². The van der Waals surface area contributed by atoms with E-state index in [2.05, 4.69) is 5.32 Å². The first-order chi connectivity index (χ1) is 10.5. The van der Waals surface area contributed by atoms with Gasteiger partial charge in [-0.05, 0) is 30.7 Å². The molecule has 0 saturated carbocycles. The highest BCUT2D eigenvalue weighted by atomic mass is 32.1. The molecule has 0 aliphatic carbocycles. The molecular formula is C15H11N3O3S. The SMILES string of the molecule is Cc1ccc(NC(=O)C(C#N)=Cc2csc([N+](=O)[O-])c2)cc1. The molecule has 2 rings (SSSR count). The van der Waals surface area contributed by atoms with Crippen LogP contribution in [0, 0.1) is 28.4 Å². The normalized spacial score (nSPS) is 10.8. The molecule has 1 aromatic heterocycles. The summed E-state index contributed by atoms with van der Waals surface area (Å²) in [7, 11) is 0. The number of hydrogen-bond donors (Lipinski definition) is 1. The molecule has 0 spiro atoms. The number of nitro groups is 1. The highest BCUT2D eigenvalue weighted by Gasteiger charge is 2.12. The minimum absolute atomic E-state index is 0.0394. The molecule has 1 N–H and O–H groups in total. The fourth-order valence-electron chi connectivity index (χ4n) is 1.66. The van der Waals surface area contributed by atoms with E-state index in [1.165, 1.54) is 17.5 Å². The van der Waals surface area contributed by atoms with Crippen molar-refractivity contribution >= 4 is 34.0 Å². The van der Waals surface area contributed by atoms with Crippen LogP contribution in [0.1, 0.15) is 11.1 Å². The number of aryl methyl sites for hydroxylation is 1. The van der Waals surface area contributed by atoms with Crippen LogP contribution >= 0.6 is 11.3 Å². The van der Waals surface area contributed by atoms with Crippen molar-refractivity contribution in [3.05, 3.63) is 62.5 Å². The van der Waals surface area contributed by atoms with Crippen LogP contribution in [0.4, 0.5) is 10.7 Å². The Balaban J connectivity index is 2.17. The third kappa shape index (κ3) is 3.77. The van der Waals surface area contributed by atoms with Gasteiger partial charge in [-0.3, -0.25) is 14.9 Å². The van der Waals surface area contributed by atoms with E-state index < -0.39 is 10.8 Å². The largest absolute Gasteiger partial charge is 0.324 e. The van der Waals surface area contributed by atoms with E-state index in [0.717, 1.165) is 16.9 Å². The molecule has 22 heavy (non-hydrogen) atoms. The summed E-state index contributed by atoms with van der Waals surface area (Å²) in [5, 5.41) is 23.8. The topological polar surface area (TPSA) is 96.0 Å². The minimum atomic E-state index is -0.555. The quantitative estimate of drug-likeness (QED) is 0.404. The van der Waals surface area contributed by atoms with Crippen LogP contribution in [0.15, 0.2) is 41.3 Å². The van der Waals surface area contributed by atoms with Crippen molar-refractivity contribution in [1.29, 1.82) is 5.26 Å². The summed E-state index contributed by atoms with van der Waals surface area (Å²) >= 11 is 0.943. The van der Waals surface area contributed by atoms with Crippen molar-refractivity contribution in [1.82, 2.24) is 0 Å². The number of amides is 1. The zero-order valence-electron chi connectivity index (χ0n) is 11.6. The van der Waals surface area contributed by atoms with Gasteiger partial charge >= 0.3 is 5.00 Å². The Bertz CT molecular complexity index is 785. The second-order valence-electron chi connectivity index (χ2n) is 4.47. The highest BCUT2D eigenvalue weighted by Crippen LogP contribution is 2.24. The number of nitriles is 1. The van der Waals surface area contributed by atoms with Crippen LogP contribution in [0.2, 0.25) is 0 Å². The molecule has 0 aliphatic rings. The maximum atomic E-state index is 12.0. The summed E-state index contributed by atoms with van der Waals surface area (Å²) in [5.41, 5.74) is 1.97. The summed E-state index contributed by atoms with van der Waals surface area (Å²) in [4.78, 5) is 22.2. The van der Waals surface area contributed by atoms with E-state index in [9.17, 15) is 14.9 Å². The zero-order valence-corrected chi connectivity index (χ0v) is 12.4. The average molecular weight is 313 g/mol. The molecular weight excluding hydrogens is 302 g/mol. The second kappa shape index (κ2) is 6.65. The summed E-state index contributed by atoms with van der Waals surface area (Å²) < 4.78 is 0. The number of benzene rings is 1. The standard InChI is InChI=1S/C15H11N3O3S/c1-10-2-4-13(5-3-10)17-15(19)12(8-16)6-11-7-14(18(20)21)22-9-11/h2-7,9H,1H3,(H,17,19). The lowest BCUT2D eigenvalue weighted by Gasteiger charge is -2.04. The number of hydrogen-bond acceptors (Lipinski definition) is 5. The smallest absolute Gasteiger partial charge is 0.321 e. The maximum Gasteiger partial charge on any atom is 0.324 e. The number of rotatable bonds is 4. The second-order valence-corrected chi connectivity index (χ2v) is 5.36. The Morgan fingerprint density at radius 2 is 2.09 bits per heavy atom. The van der Waals surface area contributed by atoms with E-state index in [0.29, 0.717) is 11.3 Å². The Labute approximate surface area is 130 Å². The van der Waals surface area contributed by atoms with Gasteiger partial charge < -0.3 is 5.32 Å². The van der Waals surface area contributed by atoms with E-state index in [4.69, 9.17) is 5.26 Å². The lowest BCUT2D eigenvalue weighted by atomic mass is 10.1. The van der Waals surface area contributed by atoms with E-state index in [-0.39, 0.29) is 10.6 Å². The molecule has 1 amide bonds. The predicted octanol–water partition coefficient (Wildman–Crippen LogP) is 3.51. The summed E-state index contributed by atoms with van der Waals surface area (Å²) in [5.74, 6) is -0.555. The predicted molar refractivity (Wildman–Crippen MR) is 84.4 cm³/mol. The van der Waals surface area contributed by atoms with Gasteiger partial charge in [0.1, 0.15) is 11.6 Å². The average Bonchev–Trinajstić information content (AvgIpc) is 2.96. The highest BCUT2D eigenvalue weighted by molar-refractivity contribution is 7.13. The van der Waals surface area contributed by atoms with Crippen LogP contribution in [0.3, 0.4) is 0 Å². The monoisotopic (exact) mass is 313 g/mol. The molecule has 0 aliphatic heterocycles. The van der Waals surface area contributed by atoms with Crippen LogP contribution in [0.5, 0.6) is 0 Å². The fraction of sp³-hybridized carbons (Fsp3) is 0.0667. The van der Waals surface area contributed by atoms with Crippen molar-refractivity contribution in [2.24, 2.45) is 0 Å². The van der Waals surface area contributed by atoms with Crippen LogP contribution < -0.4 is 5.32 Å². The lowest BCUT2D eigenvalue weighted by molar-refractivity contribution is -0.380. The lowest BCUT2D eigenvalue weighted by Crippen LogP contribution is -2.13. The number of carbonyl (C=O) groups excluding carboxylic acids is 1. The Hall–Kier alpha value is -2.98. The minimum Gasteiger partial charge on any atom is -0.321 e. The number of nitrogens with zero attached hydrogens (tertiary/aromatic N) is 2. The van der Waals surface area contributed by atoms with Gasteiger partial charge in [0.05, 0.1) is 4.92 Å². The van der Waals surface area contributed by atoms with Crippen molar-refractivity contribution in [3.8, 4) is 6.07 Å². The first kappa shape index (κ1) is 15.4. The molecule has 1 heterocycles. The maximum absolute atomic E-state index is 12.0. The van der Waals surface area contributed by atoms with Crippen LogP contribution in [0.25, 0.3) is 6.08 Å². The molecule has 110 valence electrons. The molecule has 7 heteroatoms. The number of nitrogens with one attached hydrogen (secondary N) is 1. The summed E-state index contributed by atoms with van der Waals surface area (Å²) in [6.07, 6.45) is 1.33. The zero-order chi connectivity index (χ0) is 16.1. The number of thiophene rings is 1. The molecule has 0 saturated heterocycles. The van der Waals surface area contributed by atoms with Crippen molar-refractivity contribution in [2.75, 3.05) is 5.32 Å². The Morgan fingerprint density at radius 1 is 1.41 bits per heavy atom. The van der Waals surface area contributed by atoms with Gasteiger partial charge in [-0.15, -0.1) is 0 Å². The Kier molecular flexibility index (Phi) is 4.66. The molecule has 6 nitrogen and oxygen atoms in total. The molecule has 0 fully saturated rings. The van der Waals surface area contributed by atoms with Gasteiger partial charge in [0.2, 0.25) is 0 Å². The van der Waals surface area contributed by atoms with Crippen molar-refractivity contribution in [3.63, 3.8) is 0 Å². The van der Waals surface area contributed by atoms with Gasteiger partial charge in [-0.2, -0.15) is 5.26 Å². The van der Waals surface area contributed by atoms with Crippen molar-refractivity contribution < 1.29 is 9.72 Å². The van der Waals surface area contributed by atoms with E-state index in [1.807, 2.05) is 19.1 Å². The molecule has 0 unspecified atom stereocenters. The van der Waals surface area contributed by atoms with Gasteiger partial charge in [-0.1, -0.05) is 29.0 Å². The third-order valence-electron chi connectivity index (χ3n) is 2.77. The fourth-order valence-corrected chi connectivity index (χ4v) is 2.34. The molecule has 1 aromatic carbocycles. The summed E-state index contributed by atoms with van der Waals surface area (Å²) in [6.45, 7) is 1.93. The summed E-state index contributed by atoms with van der Waals surface area (Å²) in [6, 6.07) is 10.3. The third-order valence-corrected chi connectivity index (χ3v) is 3.67. The Morgan fingerprint density at radius 3 is 2.64 bits per heavy atom. The first-order valence-electron chi connectivity index (χ1n) is 6.22. The molecule has 0 atom stereocenters.